The Bertz CT molecular complexity index is 837. The van der Waals surface area contributed by atoms with Crippen molar-refractivity contribution < 1.29 is 18.7 Å². The first-order valence-corrected chi connectivity index (χ1v) is 8.56. The van der Waals surface area contributed by atoms with Crippen LogP contribution in [-0.4, -0.2) is 36.5 Å². The first-order valence-electron chi connectivity index (χ1n) is 8.56. The molecule has 1 aliphatic carbocycles. The Morgan fingerprint density at radius 1 is 1.28 bits per heavy atom. The molecule has 132 valence electrons. The molecule has 0 aliphatic heterocycles. The average Bonchev–Trinajstić information content (AvgIpc) is 3.42. The molecule has 1 fully saturated rings. The number of rotatable bonds is 7. The van der Waals surface area contributed by atoms with E-state index >= 15 is 0 Å². The summed E-state index contributed by atoms with van der Waals surface area (Å²) in [6.07, 6.45) is 2.28. The summed E-state index contributed by atoms with van der Waals surface area (Å²) in [7, 11) is 0. The highest BCUT2D eigenvalue weighted by Crippen LogP contribution is 2.30. The molecular weight excluding hydrogens is 322 g/mol. The fraction of sp³-hybridized carbons (Fsp3) is 0.421. The molecule has 6 nitrogen and oxygen atoms in total. The van der Waals surface area contributed by atoms with Gasteiger partial charge in [0.15, 0.2) is 11.2 Å². The second-order valence-corrected chi connectivity index (χ2v) is 6.22. The summed E-state index contributed by atoms with van der Waals surface area (Å²) < 4.78 is 10.6. The summed E-state index contributed by atoms with van der Waals surface area (Å²) in [5.74, 6) is -0.235. The zero-order chi connectivity index (χ0) is 17.8. The molecule has 0 atom stereocenters. The molecule has 0 spiro atoms. The molecule has 1 aliphatic rings. The molecule has 1 aromatic carbocycles. The smallest absolute Gasteiger partial charge is 0.307 e. The lowest BCUT2D eigenvalue weighted by Crippen LogP contribution is -2.35. The van der Waals surface area contributed by atoms with E-state index in [1.54, 1.807) is 36.1 Å². The first kappa shape index (κ1) is 17.2. The second kappa shape index (κ2) is 7.51. The number of amides is 1. The van der Waals surface area contributed by atoms with Gasteiger partial charge in [-0.1, -0.05) is 12.1 Å². The highest BCUT2D eigenvalue weighted by Gasteiger charge is 2.29. The summed E-state index contributed by atoms with van der Waals surface area (Å²) >= 11 is 0. The molecule has 1 saturated carbocycles. The fourth-order valence-corrected chi connectivity index (χ4v) is 2.71. The van der Waals surface area contributed by atoms with Gasteiger partial charge in [0, 0.05) is 19.2 Å². The Labute approximate surface area is 145 Å². The van der Waals surface area contributed by atoms with Crippen molar-refractivity contribution in [2.24, 2.45) is 5.92 Å². The van der Waals surface area contributed by atoms with Crippen molar-refractivity contribution in [2.75, 3.05) is 19.7 Å². The number of para-hydroxylation sites is 1. The summed E-state index contributed by atoms with van der Waals surface area (Å²) in [5.41, 5.74) is 0.136. The summed E-state index contributed by atoms with van der Waals surface area (Å²) in [6, 6.07) is 8.06. The van der Waals surface area contributed by atoms with Crippen LogP contribution in [0, 0.1) is 5.92 Å². The zero-order valence-corrected chi connectivity index (χ0v) is 14.2. The minimum atomic E-state index is -0.362. The summed E-state index contributed by atoms with van der Waals surface area (Å²) in [5, 5.41) is 0.444. The van der Waals surface area contributed by atoms with E-state index in [0.29, 0.717) is 30.0 Å². The Balaban J connectivity index is 1.81. The molecule has 3 rings (SSSR count). The van der Waals surface area contributed by atoms with Gasteiger partial charge in [-0.05, 0) is 37.8 Å². The number of esters is 1. The maximum absolute atomic E-state index is 12.8. The zero-order valence-electron chi connectivity index (χ0n) is 14.2. The minimum Gasteiger partial charge on any atom is -0.466 e. The number of benzene rings is 1. The van der Waals surface area contributed by atoms with Crippen LogP contribution in [0.15, 0.2) is 39.5 Å². The van der Waals surface area contributed by atoms with E-state index in [-0.39, 0.29) is 36.0 Å². The first-order chi connectivity index (χ1) is 12.1. The number of ether oxygens (including phenoxy) is 1. The van der Waals surface area contributed by atoms with Gasteiger partial charge in [0.05, 0.1) is 18.4 Å². The normalized spacial score (nSPS) is 13.6. The maximum atomic E-state index is 12.8. The van der Waals surface area contributed by atoms with Gasteiger partial charge >= 0.3 is 5.97 Å². The Morgan fingerprint density at radius 2 is 2.04 bits per heavy atom. The number of carbonyl (C=O) groups is 2. The lowest BCUT2D eigenvalue weighted by atomic mass is 10.2. The van der Waals surface area contributed by atoms with E-state index < -0.39 is 0 Å². The molecule has 1 aromatic heterocycles. The van der Waals surface area contributed by atoms with Crippen LogP contribution in [0.25, 0.3) is 11.0 Å². The lowest BCUT2D eigenvalue weighted by Gasteiger charge is -2.21. The van der Waals surface area contributed by atoms with Crippen molar-refractivity contribution in [1.29, 1.82) is 0 Å². The molecule has 6 heteroatoms. The third kappa shape index (κ3) is 4.26. The van der Waals surface area contributed by atoms with Crippen molar-refractivity contribution in [3.05, 3.63) is 46.3 Å². The van der Waals surface area contributed by atoms with Crippen molar-refractivity contribution in [1.82, 2.24) is 4.90 Å². The van der Waals surface area contributed by atoms with E-state index in [9.17, 15) is 14.4 Å². The van der Waals surface area contributed by atoms with Crippen molar-refractivity contribution in [2.45, 2.75) is 26.2 Å². The second-order valence-electron chi connectivity index (χ2n) is 6.22. The molecule has 0 saturated heterocycles. The third-order valence-electron chi connectivity index (χ3n) is 4.20. The maximum Gasteiger partial charge on any atom is 0.307 e. The Morgan fingerprint density at radius 3 is 2.76 bits per heavy atom. The molecule has 0 N–H and O–H groups in total. The predicted octanol–water partition coefficient (Wildman–Crippen LogP) is 2.60. The van der Waals surface area contributed by atoms with Crippen LogP contribution in [0.3, 0.4) is 0 Å². The van der Waals surface area contributed by atoms with Gasteiger partial charge in [-0.15, -0.1) is 0 Å². The predicted molar refractivity (Wildman–Crippen MR) is 92.4 cm³/mol. The van der Waals surface area contributed by atoms with E-state index in [4.69, 9.17) is 9.15 Å². The monoisotopic (exact) mass is 343 g/mol. The fourth-order valence-electron chi connectivity index (χ4n) is 2.71. The molecule has 0 unspecified atom stereocenters. The Hall–Kier alpha value is -2.63. The lowest BCUT2D eigenvalue weighted by molar-refractivity contribution is -0.143. The quantitative estimate of drug-likeness (QED) is 0.722. The number of hydrogen-bond donors (Lipinski definition) is 0. The van der Waals surface area contributed by atoms with E-state index in [0.717, 1.165) is 12.8 Å². The van der Waals surface area contributed by atoms with E-state index in [1.807, 2.05) is 0 Å². The molecule has 1 heterocycles. The number of carbonyl (C=O) groups excluding carboxylic acids is 2. The topological polar surface area (TPSA) is 76.8 Å². The molecular formula is C19H21NO5. The van der Waals surface area contributed by atoms with E-state index in [2.05, 4.69) is 0 Å². The van der Waals surface area contributed by atoms with Gasteiger partial charge in [0.25, 0.3) is 5.91 Å². The molecule has 1 amide bonds. The standard InChI is InChI=1S/C19H21NO5/c1-2-24-18(22)9-10-20(12-13-7-8-13)19(23)17-11-15(21)14-5-3-4-6-16(14)25-17/h3-6,11,13H,2,7-10,12H2,1H3. The Kier molecular flexibility index (Phi) is 5.16. The van der Waals surface area contributed by atoms with Gasteiger partial charge in [-0.25, -0.2) is 0 Å². The van der Waals surface area contributed by atoms with Gasteiger partial charge in [0.1, 0.15) is 5.58 Å². The highest BCUT2D eigenvalue weighted by atomic mass is 16.5. The summed E-state index contributed by atoms with van der Waals surface area (Å²) in [4.78, 5) is 38.2. The molecule has 25 heavy (non-hydrogen) atoms. The largest absolute Gasteiger partial charge is 0.466 e. The van der Waals surface area contributed by atoms with Crippen LogP contribution in [0.4, 0.5) is 0 Å². The summed E-state index contributed by atoms with van der Waals surface area (Å²) in [6.45, 7) is 2.88. The van der Waals surface area contributed by atoms with E-state index in [1.165, 1.54) is 6.07 Å². The molecule has 0 bridgehead atoms. The SMILES string of the molecule is CCOC(=O)CCN(CC1CC1)C(=O)c1cc(=O)c2ccccc2o1. The van der Waals surface area contributed by atoms with Crippen LogP contribution >= 0.6 is 0 Å². The van der Waals surface area contributed by atoms with Crippen molar-refractivity contribution >= 4 is 22.8 Å². The van der Waals surface area contributed by atoms with Gasteiger partial charge in [-0.3, -0.25) is 14.4 Å². The van der Waals surface area contributed by atoms with Crippen LogP contribution in [-0.2, 0) is 9.53 Å². The van der Waals surface area contributed by atoms with Crippen molar-refractivity contribution in [3.63, 3.8) is 0 Å². The molecule has 0 radical (unpaired) electrons. The molecule has 2 aromatic rings. The highest BCUT2D eigenvalue weighted by molar-refractivity contribution is 5.93. The van der Waals surface area contributed by atoms with Crippen LogP contribution < -0.4 is 5.43 Å². The minimum absolute atomic E-state index is 0.00760. The van der Waals surface area contributed by atoms with Crippen molar-refractivity contribution in [3.8, 4) is 0 Å². The van der Waals surface area contributed by atoms with Crippen LogP contribution in [0.1, 0.15) is 36.7 Å². The van der Waals surface area contributed by atoms with Gasteiger partial charge < -0.3 is 14.1 Å². The number of fused-ring (bicyclic) bond motifs is 1. The van der Waals surface area contributed by atoms with Crippen LogP contribution in [0.5, 0.6) is 0 Å². The van der Waals surface area contributed by atoms with Gasteiger partial charge in [-0.2, -0.15) is 0 Å². The number of nitrogens with zero attached hydrogens (tertiary/aromatic N) is 1. The third-order valence-corrected chi connectivity index (χ3v) is 4.20. The van der Waals surface area contributed by atoms with Gasteiger partial charge in [0.2, 0.25) is 0 Å². The van der Waals surface area contributed by atoms with Crippen LogP contribution in [0.2, 0.25) is 0 Å². The average molecular weight is 343 g/mol. The number of hydrogen-bond acceptors (Lipinski definition) is 5.